The first-order chi connectivity index (χ1) is 16.3. The van der Waals surface area contributed by atoms with E-state index < -0.39 is 17.7 Å². The summed E-state index contributed by atoms with van der Waals surface area (Å²) in [6, 6.07) is 12.5. The molecule has 7 heteroatoms. The lowest BCUT2D eigenvalue weighted by Gasteiger charge is -2.26. The number of ether oxygens (including phenoxy) is 1. The first-order valence-electron chi connectivity index (χ1n) is 11.8. The monoisotopic (exact) mass is 466 g/mol. The minimum absolute atomic E-state index is 0.0251. The molecule has 3 rings (SSSR count). The van der Waals surface area contributed by atoms with Gasteiger partial charge in [0.1, 0.15) is 17.3 Å². The predicted octanol–water partition coefficient (Wildman–Crippen LogP) is 4.33. The maximum Gasteiger partial charge on any atom is 0.295 e. The maximum atomic E-state index is 13.1. The van der Waals surface area contributed by atoms with Crippen LogP contribution in [0.4, 0.5) is 0 Å². The standard InChI is InChI=1S/C27H34N2O5/c1-4-5-6-17-34-22-13-11-19(12-14-22)25(31)23-24(20-9-7-10-21(30)18-20)29(27(33)26(23)32)16-8-15-28(2)3/h7,9-14,18,24,30-31H,4-6,8,15-17H2,1-3H3/b25-23-. The number of rotatable bonds is 11. The third-order valence-electron chi connectivity index (χ3n) is 5.87. The fourth-order valence-corrected chi connectivity index (χ4v) is 4.12. The molecule has 0 aliphatic carbocycles. The van der Waals surface area contributed by atoms with Crippen molar-refractivity contribution in [2.24, 2.45) is 0 Å². The molecule has 2 aromatic carbocycles. The van der Waals surface area contributed by atoms with Crippen molar-refractivity contribution in [3.63, 3.8) is 0 Å². The summed E-state index contributed by atoms with van der Waals surface area (Å²) in [5, 5.41) is 21.2. The first-order valence-corrected chi connectivity index (χ1v) is 11.8. The van der Waals surface area contributed by atoms with Crippen LogP contribution in [0.25, 0.3) is 5.76 Å². The van der Waals surface area contributed by atoms with Gasteiger partial charge in [0, 0.05) is 12.1 Å². The van der Waals surface area contributed by atoms with Crippen molar-refractivity contribution in [3.8, 4) is 11.5 Å². The van der Waals surface area contributed by atoms with Crippen LogP contribution >= 0.6 is 0 Å². The van der Waals surface area contributed by atoms with E-state index in [0.29, 0.717) is 36.4 Å². The Hall–Kier alpha value is -3.32. The number of carbonyl (C=O) groups is 2. The fraction of sp³-hybridized carbons (Fsp3) is 0.407. The van der Waals surface area contributed by atoms with E-state index in [4.69, 9.17) is 4.74 Å². The topological polar surface area (TPSA) is 90.3 Å². The molecule has 0 radical (unpaired) electrons. The van der Waals surface area contributed by atoms with Crippen LogP contribution in [0.3, 0.4) is 0 Å². The Labute approximate surface area is 201 Å². The molecule has 1 atom stereocenters. The van der Waals surface area contributed by atoms with Crippen LogP contribution < -0.4 is 4.74 Å². The van der Waals surface area contributed by atoms with Gasteiger partial charge in [0.25, 0.3) is 11.7 Å². The van der Waals surface area contributed by atoms with Crippen LogP contribution in [0.15, 0.2) is 54.1 Å². The van der Waals surface area contributed by atoms with Gasteiger partial charge >= 0.3 is 0 Å². The van der Waals surface area contributed by atoms with Gasteiger partial charge in [-0.15, -0.1) is 0 Å². The molecule has 1 amide bonds. The zero-order valence-electron chi connectivity index (χ0n) is 20.2. The highest BCUT2D eigenvalue weighted by Gasteiger charge is 2.45. The summed E-state index contributed by atoms with van der Waals surface area (Å²) in [6.07, 6.45) is 3.85. The molecule has 34 heavy (non-hydrogen) atoms. The van der Waals surface area contributed by atoms with E-state index in [1.54, 1.807) is 36.4 Å². The largest absolute Gasteiger partial charge is 0.508 e. The van der Waals surface area contributed by atoms with Crippen LogP contribution in [-0.2, 0) is 9.59 Å². The van der Waals surface area contributed by atoms with E-state index in [2.05, 4.69) is 6.92 Å². The van der Waals surface area contributed by atoms with Gasteiger partial charge in [0.05, 0.1) is 18.2 Å². The fourth-order valence-electron chi connectivity index (χ4n) is 4.12. The SMILES string of the molecule is CCCCCOc1ccc(/C(O)=C2/C(=O)C(=O)N(CCCN(C)C)C2c2cccc(O)c2)cc1. The molecule has 1 saturated heterocycles. The Morgan fingerprint density at radius 2 is 1.79 bits per heavy atom. The number of aliphatic hydroxyl groups excluding tert-OH is 1. The second-order valence-corrected chi connectivity index (χ2v) is 8.82. The Kier molecular flexibility index (Phi) is 8.71. The molecule has 2 N–H and O–H groups in total. The van der Waals surface area contributed by atoms with E-state index in [0.717, 1.165) is 25.8 Å². The number of Topliss-reactive ketones (excluding diaryl/α,β-unsaturated/α-hetero) is 1. The molecule has 1 unspecified atom stereocenters. The van der Waals surface area contributed by atoms with E-state index in [1.807, 2.05) is 19.0 Å². The number of phenolic OH excluding ortho intramolecular Hbond substituents is 1. The van der Waals surface area contributed by atoms with E-state index in [9.17, 15) is 19.8 Å². The smallest absolute Gasteiger partial charge is 0.295 e. The normalized spacial score (nSPS) is 17.5. The number of amides is 1. The molecule has 7 nitrogen and oxygen atoms in total. The molecular weight excluding hydrogens is 432 g/mol. The molecule has 0 bridgehead atoms. The third kappa shape index (κ3) is 5.97. The second kappa shape index (κ2) is 11.7. The van der Waals surface area contributed by atoms with Crippen LogP contribution in [0.2, 0.25) is 0 Å². The average Bonchev–Trinajstić information content (AvgIpc) is 3.06. The minimum atomic E-state index is -0.778. The van der Waals surface area contributed by atoms with Gasteiger partial charge in [-0.1, -0.05) is 31.9 Å². The Morgan fingerprint density at radius 1 is 1.06 bits per heavy atom. The van der Waals surface area contributed by atoms with Crippen LogP contribution in [0, 0.1) is 0 Å². The molecule has 1 aliphatic rings. The molecule has 0 saturated carbocycles. The van der Waals surface area contributed by atoms with Crippen molar-refractivity contribution >= 4 is 17.4 Å². The Morgan fingerprint density at radius 3 is 2.44 bits per heavy atom. The van der Waals surface area contributed by atoms with Crippen molar-refractivity contribution < 1.29 is 24.5 Å². The van der Waals surface area contributed by atoms with E-state index in [-0.39, 0.29) is 17.1 Å². The summed E-state index contributed by atoms with van der Waals surface area (Å²) >= 11 is 0. The number of benzene rings is 2. The van der Waals surface area contributed by atoms with Crippen molar-refractivity contribution in [1.82, 2.24) is 9.80 Å². The summed E-state index contributed by atoms with van der Waals surface area (Å²) in [5.74, 6) is -0.901. The summed E-state index contributed by atoms with van der Waals surface area (Å²) in [6.45, 7) is 3.85. The van der Waals surface area contributed by atoms with Gasteiger partial charge < -0.3 is 24.7 Å². The Balaban J connectivity index is 1.94. The number of aromatic hydroxyl groups is 1. The molecule has 0 aromatic heterocycles. The number of unbranched alkanes of at least 4 members (excludes halogenated alkanes) is 2. The van der Waals surface area contributed by atoms with Gasteiger partial charge in [-0.3, -0.25) is 9.59 Å². The average molecular weight is 467 g/mol. The molecular formula is C27H34N2O5. The van der Waals surface area contributed by atoms with E-state index >= 15 is 0 Å². The molecule has 1 aliphatic heterocycles. The number of carbonyl (C=O) groups excluding carboxylic acids is 2. The highest BCUT2D eigenvalue weighted by atomic mass is 16.5. The first kappa shape index (κ1) is 25.3. The lowest BCUT2D eigenvalue weighted by Crippen LogP contribution is -2.32. The van der Waals surface area contributed by atoms with Crippen molar-refractivity contribution in [3.05, 3.63) is 65.2 Å². The van der Waals surface area contributed by atoms with Crippen LogP contribution in [-0.4, -0.2) is 65.5 Å². The minimum Gasteiger partial charge on any atom is -0.508 e. The lowest BCUT2D eigenvalue weighted by molar-refractivity contribution is -0.139. The number of ketones is 1. The number of likely N-dealkylation sites (tertiary alicyclic amines) is 1. The van der Waals surface area contributed by atoms with Gasteiger partial charge in [-0.2, -0.15) is 0 Å². The van der Waals surface area contributed by atoms with Gasteiger partial charge in [-0.25, -0.2) is 0 Å². The highest BCUT2D eigenvalue weighted by Crippen LogP contribution is 2.40. The summed E-state index contributed by atoms with van der Waals surface area (Å²) in [4.78, 5) is 29.5. The highest BCUT2D eigenvalue weighted by molar-refractivity contribution is 6.46. The maximum absolute atomic E-state index is 13.1. The lowest BCUT2D eigenvalue weighted by atomic mass is 9.95. The van der Waals surface area contributed by atoms with Gasteiger partial charge in [0.15, 0.2) is 0 Å². The van der Waals surface area contributed by atoms with Gasteiger partial charge in [0.2, 0.25) is 0 Å². The second-order valence-electron chi connectivity index (χ2n) is 8.82. The van der Waals surface area contributed by atoms with E-state index in [1.165, 1.54) is 17.0 Å². The number of nitrogens with zero attached hydrogens (tertiary/aromatic N) is 2. The van der Waals surface area contributed by atoms with Crippen LogP contribution in [0.1, 0.15) is 49.8 Å². The zero-order chi connectivity index (χ0) is 24.7. The Bertz CT molecular complexity index is 1030. The molecule has 1 fully saturated rings. The third-order valence-corrected chi connectivity index (χ3v) is 5.87. The number of phenols is 1. The molecule has 0 spiro atoms. The van der Waals surface area contributed by atoms with Crippen molar-refractivity contribution in [2.45, 2.75) is 38.6 Å². The summed E-state index contributed by atoms with van der Waals surface area (Å²) < 4.78 is 5.73. The zero-order valence-corrected chi connectivity index (χ0v) is 20.2. The number of hydrogen-bond acceptors (Lipinski definition) is 6. The predicted molar refractivity (Wildman–Crippen MR) is 132 cm³/mol. The summed E-state index contributed by atoms with van der Waals surface area (Å²) in [7, 11) is 3.88. The summed E-state index contributed by atoms with van der Waals surface area (Å²) in [5.41, 5.74) is 1.02. The molecule has 1 heterocycles. The number of aliphatic hydroxyl groups is 1. The van der Waals surface area contributed by atoms with Crippen molar-refractivity contribution in [2.75, 3.05) is 33.8 Å². The van der Waals surface area contributed by atoms with Gasteiger partial charge in [-0.05, 0) is 75.4 Å². The van der Waals surface area contributed by atoms with Crippen LogP contribution in [0.5, 0.6) is 11.5 Å². The molecule has 182 valence electrons. The quantitative estimate of drug-likeness (QED) is 0.222. The van der Waals surface area contributed by atoms with Crippen molar-refractivity contribution in [1.29, 1.82) is 0 Å². The number of hydrogen-bond donors (Lipinski definition) is 2. The molecule has 2 aromatic rings.